The smallest absolute Gasteiger partial charge is 0.292 e. The molecule has 2 aromatic rings. The van der Waals surface area contributed by atoms with Gasteiger partial charge in [-0.25, -0.2) is 4.99 Å². The van der Waals surface area contributed by atoms with Crippen molar-refractivity contribution in [2.45, 2.75) is 20.4 Å². The maximum Gasteiger partial charge on any atom is 0.292 e. The zero-order valence-electron chi connectivity index (χ0n) is 12.9. The molecule has 4 nitrogen and oxygen atoms in total. The Morgan fingerprint density at radius 3 is 2.59 bits per heavy atom. The molecule has 2 rings (SSSR count). The van der Waals surface area contributed by atoms with E-state index in [9.17, 15) is 4.79 Å². The van der Waals surface area contributed by atoms with Gasteiger partial charge in [-0.15, -0.1) is 0 Å². The third-order valence-corrected chi connectivity index (χ3v) is 3.03. The van der Waals surface area contributed by atoms with Crippen LogP contribution in [-0.4, -0.2) is 18.5 Å². The van der Waals surface area contributed by atoms with E-state index in [1.807, 2.05) is 62.4 Å². The van der Waals surface area contributed by atoms with Crippen LogP contribution < -0.4 is 5.32 Å². The van der Waals surface area contributed by atoms with Gasteiger partial charge in [0.2, 0.25) is 0 Å². The number of amides is 1. The highest BCUT2D eigenvalue weighted by molar-refractivity contribution is 6.04. The first-order valence-corrected chi connectivity index (χ1v) is 7.28. The number of aryl methyl sites for hydroxylation is 1. The summed E-state index contributed by atoms with van der Waals surface area (Å²) in [6.45, 7) is 4.71. The molecule has 0 spiro atoms. The van der Waals surface area contributed by atoms with Crippen molar-refractivity contribution in [3.8, 4) is 0 Å². The Kier molecular flexibility index (Phi) is 5.72. The molecule has 1 N–H and O–H groups in total. The topological polar surface area (TPSA) is 50.7 Å². The standard InChI is InChI=1S/C18H20N2O2/c1-3-22-18(19-13-15-9-5-4-6-10-15)20-17(21)16-11-7-8-14(2)12-16/h4-12H,3,13H2,1-2H3,(H,19,20,21). The third-order valence-electron chi connectivity index (χ3n) is 3.03. The Morgan fingerprint density at radius 1 is 1.14 bits per heavy atom. The van der Waals surface area contributed by atoms with Gasteiger partial charge in [0.25, 0.3) is 11.9 Å². The number of carbonyl (C=O) groups is 1. The summed E-state index contributed by atoms with van der Waals surface area (Å²) in [6, 6.07) is 17.5. The molecule has 0 radical (unpaired) electrons. The normalized spacial score (nSPS) is 11.1. The van der Waals surface area contributed by atoms with Crippen LogP contribution in [-0.2, 0) is 11.3 Å². The summed E-state index contributed by atoms with van der Waals surface area (Å²) in [5.41, 5.74) is 2.68. The van der Waals surface area contributed by atoms with Gasteiger partial charge in [0, 0.05) is 5.56 Å². The van der Waals surface area contributed by atoms with Crippen molar-refractivity contribution < 1.29 is 9.53 Å². The molecule has 22 heavy (non-hydrogen) atoms. The van der Waals surface area contributed by atoms with Gasteiger partial charge in [-0.2, -0.15) is 0 Å². The number of nitrogens with zero attached hydrogens (tertiary/aromatic N) is 1. The van der Waals surface area contributed by atoms with Crippen molar-refractivity contribution >= 4 is 11.9 Å². The average molecular weight is 296 g/mol. The minimum absolute atomic E-state index is 0.219. The fourth-order valence-corrected chi connectivity index (χ4v) is 1.96. The molecule has 0 aliphatic heterocycles. The summed E-state index contributed by atoms with van der Waals surface area (Å²) in [5.74, 6) is -0.219. The number of hydrogen-bond acceptors (Lipinski definition) is 3. The monoisotopic (exact) mass is 296 g/mol. The summed E-state index contributed by atoms with van der Waals surface area (Å²) in [4.78, 5) is 16.6. The number of hydrogen-bond donors (Lipinski definition) is 1. The molecule has 0 atom stereocenters. The summed E-state index contributed by atoms with van der Waals surface area (Å²) >= 11 is 0. The lowest BCUT2D eigenvalue weighted by atomic mass is 10.1. The first-order valence-electron chi connectivity index (χ1n) is 7.28. The largest absolute Gasteiger partial charge is 0.465 e. The van der Waals surface area contributed by atoms with Gasteiger partial charge in [-0.3, -0.25) is 10.1 Å². The number of nitrogens with one attached hydrogen (secondary N) is 1. The first-order chi connectivity index (χ1) is 10.7. The van der Waals surface area contributed by atoms with Gasteiger partial charge in [0.1, 0.15) is 0 Å². The van der Waals surface area contributed by atoms with Crippen molar-refractivity contribution in [2.24, 2.45) is 4.99 Å². The number of rotatable bonds is 4. The molecule has 0 saturated carbocycles. The molecule has 0 unspecified atom stereocenters. The fraction of sp³-hybridized carbons (Fsp3) is 0.222. The number of ether oxygens (including phenoxy) is 1. The van der Waals surface area contributed by atoms with Crippen LogP contribution in [0.1, 0.15) is 28.4 Å². The number of carbonyl (C=O) groups excluding carboxylic acids is 1. The lowest BCUT2D eigenvalue weighted by molar-refractivity contribution is 0.0966. The first kappa shape index (κ1) is 15.8. The molecule has 2 aromatic carbocycles. The van der Waals surface area contributed by atoms with Gasteiger partial charge >= 0.3 is 0 Å². The van der Waals surface area contributed by atoms with E-state index in [4.69, 9.17) is 4.74 Å². The van der Waals surface area contributed by atoms with Gasteiger partial charge < -0.3 is 4.74 Å². The van der Waals surface area contributed by atoms with E-state index in [-0.39, 0.29) is 11.9 Å². The third kappa shape index (κ3) is 4.74. The molecular weight excluding hydrogens is 276 g/mol. The molecule has 1 amide bonds. The number of benzene rings is 2. The van der Waals surface area contributed by atoms with Gasteiger partial charge in [-0.05, 0) is 31.5 Å². The van der Waals surface area contributed by atoms with Crippen molar-refractivity contribution in [2.75, 3.05) is 6.61 Å². The molecule has 114 valence electrons. The molecule has 0 heterocycles. The summed E-state index contributed by atoms with van der Waals surface area (Å²) in [6.07, 6.45) is 0. The summed E-state index contributed by atoms with van der Waals surface area (Å²) in [5, 5.41) is 2.72. The Labute approximate surface area is 130 Å². The van der Waals surface area contributed by atoms with Gasteiger partial charge in [-0.1, -0.05) is 48.0 Å². The Bertz CT molecular complexity index is 651. The zero-order valence-corrected chi connectivity index (χ0v) is 12.9. The molecule has 4 heteroatoms. The van der Waals surface area contributed by atoms with E-state index in [1.54, 1.807) is 6.07 Å². The van der Waals surface area contributed by atoms with E-state index >= 15 is 0 Å². The highest BCUT2D eigenvalue weighted by atomic mass is 16.5. The zero-order chi connectivity index (χ0) is 15.8. The maximum atomic E-state index is 12.2. The summed E-state index contributed by atoms with van der Waals surface area (Å²) in [7, 11) is 0. The van der Waals surface area contributed by atoms with Crippen LogP contribution in [0.3, 0.4) is 0 Å². The van der Waals surface area contributed by atoms with Crippen LogP contribution in [0.2, 0.25) is 0 Å². The minimum atomic E-state index is -0.219. The van der Waals surface area contributed by atoms with Crippen LogP contribution in [0.5, 0.6) is 0 Å². The second kappa shape index (κ2) is 7.98. The predicted molar refractivity (Wildman–Crippen MR) is 87.9 cm³/mol. The van der Waals surface area contributed by atoms with E-state index in [2.05, 4.69) is 10.3 Å². The number of aliphatic imine (C=N–C) groups is 1. The quantitative estimate of drug-likeness (QED) is 0.695. The van der Waals surface area contributed by atoms with Crippen LogP contribution in [0.25, 0.3) is 0 Å². The molecule has 0 aliphatic rings. The highest BCUT2D eigenvalue weighted by Gasteiger charge is 2.09. The maximum absolute atomic E-state index is 12.2. The van der Waals surface area contributed by atoms with Crippen molar-refractivity contribution in [1.29, 1.82) is 0 Å². The van der Waals surface area contributed by atoms with Crippen LogP contribution in [0.15, 0.2) is 59.6 Å². The van der Waals surface area contributed by atoms with Gasteiger partial charge in [0.15, 0.2) is 0 Å². The van der Waals surface area contributed by atoms with Gasteiger partial charge in [0.05, 0.1) is 13.2 Å². The van der Waals surface area contributed by atoms with E-state index in [0.29, 0.717) is 18.7 Å². The molecule has 0 aliphatic carbocycles. The van der Waals surface area contributed by atoms with Crippen LogP contribution in [0.4, 0.5) is 0 Å². The van der Waals surface area contributed by atoms with Crippen LogP contribution >= 0.6 is 0 Å². The average Bonchev–Trinajstić information content (AvgIpc) is 2.54. The Morgan fingerprint density at radius 2 is 1.91 bits per heavy atom. The fourth-order valence-electron chi connectivity index (χ4n) is 1.96. The van der Waals surface area contributed by atoms with Crippen molar-refractivity contribution in [3.05, 3.63) is 71.3 Å². The minimum Gasteiger partial charge on any atom is -0.465 e. The Balaban J connectivity index is 2.06. The molecule has 0 bridgehead atoms. The highest BCUT2D eigenvalue weighted by Crippen LogP contribution is 2.04. The van der Waals surface area contributed by atoms with E-state index < -0.39 is 0 Å². The molecule has 0 saturated heterocycles. The second-order valence-corrected chi connectivity index (χ2v) is 4.86. The molecule has 0 fully saturated rings. The van der Waals surface area contributed by atoms with Crippen molar-refractivity contribution in [3.63, 3.8) is 0 Å². The second-order valence-electron chi connectivity index (χ2n) is 4.86. The summed E-state index contributed by atoms with van der Waals surface area (Å²) < 4.78 is 5.40. The van der Waals surface area contributed by atoms with Crippen LogP contribution in [0, 0.1) is 6.92 Å². The molecule has 0 aromatic heterocycles. The number of amidine groups is 1. The SMILES string of the molecule is CCOC(=NCc1ccccc1)NC(=O)c1cccc(C)c1. The predicted octanol–water partition coefficient (Wildman–Crippen LogP) is 3.32. The molecular formula is C18H20N2O2. The lowest BCUT2D eigenvalue weighted by Crippen LogP contribution is -2.32. The van der Waals surface area contributed by atoms with Crippen molar-refractivity contribution in [1.82, 2.24) is 5.32 Å². The lowest BCUT2D eigenvalue weighted by Gasteiger charge is -2.09. The van der Waals surface area contributed by atoms with E-state index in [1.165, 1.54) is 0 Å². The Hall–Kier alpha value is -2.62. The van der Waals surface area contributed by atoms with E-state index in [0.717, 1.165) is 11.1 Å².